The van der Waals surface area contributed by atoms with Gasteiger partial charge in [0.25, 0.3) is 6.47 Å². The molecule has 0 bridgehead atoms. The lowest BCUT2D eigenvalue weighted by molar-refractivity contribution is -0.131. The van der Waals surface area contributed by atoms with Gasteiger partial charge in [-0.25, -0.2) is 0 Å². The Morgan fingerprint density at radius 3 is 2.79 bits per heavy atom. The second-order valence-electron chi connectivity index (χ2n) is 6.39. The molecule has 1 aliphatic rings. The topological polar surface area (TPSA) is 64.6 Å². The van der Waals surface area contributed by atoms with Crippen molar-refractivity contribution < 1.29 is 19.1 Å². The van der Waals surface area contributed by atoms with Gasteiger partial charge in [0.05, 0.1) is 18.2 Å². The van der Waals surface area contributed by atoms with Gasteiger partial charge in [-0.05, 0) is 45.6 Å². The van der Waals surface area contributed by atoms with E-state index < -0.39 is 6.10 Å². The molecule has 5 nitrogen and oxygen atoms in total. The van der Waals surface area contributed by atoms with E-state index in [1.807, 2.05) is 19.9 Å². The van der Waals surface area contributed by atoms with Crippen LogP contribution in [-0.2, 0) is 19.1 Å². The number of nitrogens with one attached hydrogen (secondary N) is 1. The highest BCUT2D eigenvalue weighted by molar-refractivity contribution is 5.87. The summed E-state index contributed by atoms with van der Waals surface area (Å²) < 4.78 is 10.8. The van der Waals surface area contributed by atoms with Gasteiger partial charge in [-0.1, -0.05) is 31.2 Å². The molecule has 1 aliphatic heterocycles. The Labute approximate surface area is 144 Å². The van der Waals surface area contributed by atoms with Crippen molar-refractivity contribution in [1.29, 1.82) is 0 Å². The molecule has 1 saturated heterocycles. The molecular weight excluding hydrogens is 306 g/mol. The van der Waals surface area contributed by atoms with Gasteiger partial charge in [0.15, 0.2) is 0 Å². The Balaban J connectivity index is 2.53. The molecule has 134 valence electrons. The largest absolute Gasteiger partial charge is 0.461 e. The average Bonchev–Trinajstić information content (AvgIpc) is 2.54. The van der Waals surface area contributed by atoms with Gasteiger partial charge in [0, 0.05) is 6.08 Å². The number of carbonyl (C=O) groups excluding carboxylic acids is 2. The Bertz CT molecular complexity index is 498. The van der Waals surface area contributed by atoms with Gasteiger partial charge in [-0.3, -0.25) is 9.59 Å². The minimum Gasteiger partial charge on any atom is -0.461 e. The van der Waals surface area contributed by atoms with Crippen LogP contribution in [0.3, 0.4) is 0 Å². The molecule has 1 fully saturated rings. The van der Waals surface area contributed by atoms with Crippen molar-refractivity contribution in [2.45, 2.75) is 64.9 Å². The Hall–Kier alpha value is -1.88. The molecule has 5 heteroatoms. The highest BCUT2D eigenvalue weighted by atomic mass is 16.5. The van der Waals surface area contributed by atoms with Crippen LogP contribution in [0, 0.1) is 5.92 Å². The Kier molecular flexibility index (Phi) is 8.47. The van der Waals surface area contributed by atoms with Crippen molar-refractivity contribution in [2.24, 2.45) is 5.92 Å². The van der Waals surface area contributed by atoms with E-state index in [2.05, 4.69) is 24.9 Å². The molecular formula is C19H29NO4. The van der Waals surface area contributed by atoms with Crippen LogP contribution in [0.4, 0.5) is 0 Å². The summed E-state index contributed by atoms with van der Waals surface area (Å²) in [5, 5.41) is 2.97. The summed E-state index contributed by atoms with van der Waals surface area (Å²) in [6.45, 7) is 12.0. The second-order valence-corrected chi connectivity index (χ2v) is 6.39. The molecule has 5 atom stereocenters. The summed E-state index contributed by atoms with van der Waals surface area (Å²) in [7, 11) is 0. The summed E-state index contributed by atoms with van der Waals surface area (Å²) in [6, 6.07) is -0.0276. The van der Waals surface area contributed by atoms with E-state index in [1.54, 1.807) is 13.0 Å². The molecule has 5 unspecified atom stereocenters. The Morgan fingerprint density at radius 2 is 2.17 bits per heavy atom. The van der Waals surface area contributed by atoms with Crippen LogP contribution in [0.5, 0.6) is 0 Å². The van der Waals surface area contributed by atoms with E-state index in [0.717, 1.165) is 18.4 Å². The number of allylic oxidation sites excluding steroid dienone is 2. The van der Waals surface area contributed by atoms with Crippen molar-refractivity contribution in [1.82, 2.24) is 5.32 Å². The van der Waals surface area contributed by atoms with Gasteiger partial charge in [-0.2, -0.15) is 0 Å². The fourth-order valence-corrected chi connectivity index (χ4v) is 2.68. The number of carbonyl (C=O) groups is 2. The lowest BCUT2D eigenvalue weighted by atomic mass is 9.88. The smallest absolute Gasteiger partial charge is 0.293 e. The second kappa shape index (κ2) is 10.1. The zero-order chi connectivity index (χ0) is 18.1. The molecule has 0 spiro atoms. The summed E-state index contributed by atoms with van der Waals surface area (Å²) in [5.41, 5.74) is 1.14. The summed E-state index contributed by atoms with van der Waals surface area (Å²) >= 11 is 0. The maximum atomic E-state index is 12.0. The molecule has 0 aromatic carbocycles. The molecule has 1 rings (SSSR count). The first-order valence-corrected chi connectivity index (χ1v) is 8.39. The fraction of sp³-hybridized carbons (Fsp3) is 0.579. The molecule has 24 heavy (non-hydrogen) atoms. The van der Waals surface area contributed by atoms with Crippen molar-refractivity contribution >= 4 is 12.4 Å². The van der Waals surface area contributed by atoms with Crippen LogP contribution >= 0.6 is 0 Å². The maximum Gasteiger partial charge on any atom is 0.293 e. The third kappa shape index (κ3) is 6.71. The number of hydrogen-bond acceptors (Lipinski definition) is 4. The van der Waals surface area contributed by atoms with Crippen LogP contribution in [0.15, 0.2) is 36.5 Å². The van der Waals surface area contributed by atoms with Gasteiger partial charge >= 0.3 is 0 Å². The molecule has 0 saturated carbocycles. The maximum absolute atomic E-state index is 12.0. The molecule has 0 aromatic rings. The molecule has 1 heterocycles. The molecule has 0 aliphatic carbocycles. The number of hydrogen-bond donors (Lipinski definition) is 1. The number of rotatable bonds is 8. The van der Waals surface area contributed by atoms with Gasteiger partial charge in [0.1, 0.15) is 6.10 Å². The first-order chi connectivity index (χ1) is 11.4. The van der Waals surface area contributed by atoms with Crippen LogP contribution in [0.25, 0.3) is 0 Å². The van der Waals surface area contributed by atoms with E-state index in [-0.39, 0.29) is 24.2 Å². The third-order valence-corrected chi connectivity index (χ3v) is 4.33. The number of ether oxygens (including phenoxy) is 2. The predicted molar refractivity (Wildman–Crippen MR) is 94.4 cm³/mol. The normalized spacial score (nSPS) is 29.1. The van der Waals surface area contributed by atoms with E-state index in [0.29, 0.717) is 12.4 Å². The van der Waals surface area contributed by atoms with E-state index >= 15 is 0 Å². The molecule has 1 amide bonds. The van der Waals surface area contributed by atoms with E-state index in [4.69, 9.17) is 9.47 Å². The lowest BCUT2D eigenvalue weighted by Crippen LogP contribution is -2.50. The zero-order valence-electron chi connectivity index (χ0n) is 15.0. The lowest BCUT2D eigenvalue weighted by Gasteiger charge is -2.39. The summed E-state index contributed by atoms with van der Waals surface area (Å²) in [4.78, 5) is 22.2. The van der Waals surface area contributed by atoms with Gasteiger partial charge < -0.3 is 14.8 Å². The Morgan fingerprint density at radius 1 is 1.46 bits per heavy atom. The quantitative estimate of drug-likeness (QED) is 0.421. The van der Waals surface area contributed by atoms with Crippen molar-refractivity contribution in [3.05, 3.63) is 36.5 Å². The molecule has 0 aromatic heterocycles. The highest BCUT2D eigenvalue weighted by Crippen LogP contribution is 2.27. The monoisotopic (exact) mass is 335 g/mol. The molecule has 0 radical (unpaired) electrons. The average molecular weight is 335 g/mol. The fourth-order valence-electron chi connectivity index (χ4n) is 2.68. The molecule has 1 N–H and O–H groups in total. The SMILES string of the molecule is C=C/C(C)=C/CC1OC(C)C(NC(=O)/C=C\C(C)OC=O)CC1C. The third-order valence-electron chi connectivity index (χ3n) is 4.33. The predicted octanol–water partition coefficient (Wildman–Crippen LogP) is 2.92. The van der Waals surface area contributed by atoms with E-state index in [1.165, 1.54) is 6.08 Å². The van der Waals surface area contributed by atoms with Crippen molar-refractivity contribution in [3.8, 4) is 0 Å². The van der Waals surface area contributed by atoms with Crippen molar-refractivity contribution in [2.75, 3.05) is 0 Å². The van der Waals surface area contributed by atoms with Gasteiger partial charge in [0.2, 0.25) is 5.91 Å². The van der Waals surface area contributed by atoms with E-state index in [9.17, 15) is 9.59 Å². The van der Waals surface area contributed by atoms with Crippen LogP contribution in [0.1, 0.15) is 40.5 Å². The summed E-state index contributed by atoms with van der Waals surface area (Å²) in [5.74, 6) is 0.145. The first-order valence-electron chi connectivity index (χ1n) is 8.39. The van der Waals surface area contributed by atoms with Crippen LogP contribution < -0.4 is 5.32 Å². The minimum absolute atomic E-state index is 0.0276. The standard InChI is InChI=1S/C19H29NO4/c1-6-13(2)7-9-18-14(3)11-17(16(5)24-18)20-19(22)10-8-15(4)23-12-21/h6-8,10,12,14-18H,1,9,11H2,2-5H3,(H,20,22)/b10-8-,13-7+. The zero-order valence-corrected chi connectivity index (χ0v) is 15.0. The van der Waals surface area contributed by atoms with Crippen LogP contribution in [0.2, 0.25) is 0 Å². The summed E-state index contributed by atoms with van der Waals surface area (Å²) in [6.07, 6.45) is 8.32. The van der Waals surface area contributed by atoms with Crippen molar-refractivity contribution in [3.63, 3.8) is 0 Å². The van der Waals surface area contributed by atoms with Crippen LogP contribution in [-0.4, -0.2) is 36.7 Å². The first kappa shape index (κ1) is 20.2. The minimum atomic E-state index is -0.420. The van der Waals surface area contributed by atoms with Gasteiger partial charge in [-0.15, -0.1) is 0 Å². The highest BCUT2D eigenvalue weighted by Gasteiger charge is 2.33. The number of amides is 1.